The third-order valence-corrected chi connectivity index (χ3v) is 6.74. The molecule has 1 aromatic heterocycles. The minimum Gasteiger partial charge on any atom is -0.493 e. The number of aliphatic hydroxyl groups is 1. The summed E-state index contributed by atoms with van der Waals surface area (Å²) in [5, 5.41) is 11.4. The molecule has 3 rings (SSSR count). The first-order valence-corrected chi connectivity index (χ1v) is 12.8. The lowest BCUT2D eigenvalue weighted by Gasteiger charge is -2.30. The van der Waals surface area contributed by atoms with Crippen molar-refractivity contribution in [2.75, 3.05) is 53.6 Å². The van der Waals surface area contributed by atoms with Gasteiger partial charge in [-0.3, -0.25) is 9.80 Å². The van der Waals surface area contributed by atoms with Crippen molar-refractivity contribution < 1.29 is 23.7 Å². The Kier molecular flexibility index (Phi) is 11.1. The van der Waals surface area contributed by atoms with Crippen LogP contribution in [0.3, 0.4) is 0 Å². The molecular formula is C29H42N2O5. The fraction of sp³-hybridized carbons (Fsp3) is 0.517. The number of benzene rings is 1. The number of furan rings is 1. The van der Waals surface area contributed by atoms with Crippen LogP contribution in [0.5, 0.6) is 11.5 Å². The lowest BCUT2D eigenvalue weighted by molar-refractivity contribution is -0.00233. The summed E-state index contributed by atoms with van der Waals surface area (Å²) in [5.74, 6) is 2.90. The van der Waals surface area contributed by atoms with Crippen molar-refractivity contribution in [3.63, 3.8) is 0 Å². The number of hydrogen-bond donors (Lipinski definition) is 1. The topological polar surface area (TPSA) is 67.5 Å². The maximum Gasteiger partial charge on any atom is 0.165 e. The molecule has 1 aromatic carbocycles. The molecule has 1 saturated heterocycles. The molecule has 0 unspecified atom stereocenters. The van der Waals surface area contributed by atoms with Gasteiger partial charge in [0.2, 0.25) is 0 Å². The quantitative estimate of drug-likeness (QED) is 0.335. The van der Waals surface area contributed by atoms with E-state index in [0.29, 0.717) is 44.5 Å². The molecule has 2 aromatic rings. The molecule has 1 fully saturated rings. The fourth-order valence-corrected chi connectivity index (χ4v) is 4.63. The van der Waals surface area contributed by atoms with Crippen LogP contribution in [0.2, 0.25) is 0 Å². The number of allylic oxidation sites excluding steroid dienone is 2. The zero-order valence-electron chi connectivity index (χ0n) is 21.9. The molecule has 7 heteroatoms. The van der Waals surface area contributed by atoms with Crippen molar-refractivity contribution in [1.29, 1.82) is 0 Å². The molecule has 0 bridgehead atoms. The molecule has 0 amide bonds. The predicted octanol–water partition coefficient (Wildman–Crippen LogP) is 4.75. The van der Waals surface area contributed by atoms with E-state index in [2.05, 4.69) is 29.0 Å². The van der Waals surface area contributed by atoms with Crippen LogP contribution in [0, 0.1) is 0 Å². The van der Waals surface area contributed by atoms with Crippen molar-refractivity contribution in [3.05, 3.63) is 72.7 Å². The summed E-state index contributed by atoms with van der Waals surface area (Å²) in [6, 6.07) is 9.86. The van der Waals surface area contributed by atoms with Crippen LogP contribution in [0.1, 0.15) is 42.8 Å². The molecule has 198 valence electrons. The van der Waals surface area contributed by atoms with Crippen LogP contribution >= 0.6 is 0 Å². The van der Waals surface area contributed by atoms with Crippen LogP contribution < -0.4 is 9.47 Å². The van der Waals surface area contributed by atoms with Gasteiger partial charge in [0, 0.05) is 38.3 Å². The molecular weight excluding hydrogens is 456 g/mol. The molecule has 7 nitrogen and oxygen atoms in total. The summed E-state index contributed by atoms with van der Waals surface area (Å²) in [7, 11) is 3.33. The van der Waals surface area contributed by atoms with E-state index in [9.17, 15) is 5.11 Å². The zero-order chi connectivity index (χ0) is 25.8. The molecule has 0 radical (unpaired) electrons. The summed E-state index contributed by atoms with van der Waals surface area (Å²) >= 11 is 0. The highest BCUT2D eigenvalue weighted by molar-refractivity contribution is 5.46. The molecule has 2 heterocycles. The maximum atomic E-state index is 11.4. The number of methoxy groups -OCH3 is 2. The number of ether oxygens (including phenoxy) is 3. The molecule has 0 spiro atoms. The Morgan fingerprint density at radius 1 is 1.03 bits per heavy atom. The SMILES string of the molecule is C=CCCC(O)(CCC=C)c1ccc(CN(CCN2CCOCC2)Cc2cccc(OC)c2OC)o1. The number of para-hydroxylation sites is 1. The zero-order valence-corrected chi connectivity index (χ0v) is 21.9. The standard InChI is InChI=1S/C29H42N2O5/c1-5-7-14-29(32,15-8-6-2)27-13-12-25(36-27)23-31(17-16-30-18-20-35-21-19-30)22-24-10-9-11-26(33-3)28(24)34-4/h5-6,9-13,32H,1-2,7-8,14-23H2,3-4H3. The van der Waals surface area contributed by atoms with Crippen LogP contribution in [-0.2, 0) is 23.4 Å². The summed E-state index contributed by atoms with van der Waals surface area (Å²) in [4.78, 5) is 4.78. The van der Waals surface area contributed by atoms with E-state index >= 15 is 0 Å². The predicted molar refractivity (Wildman–Crippen MR) is 142 cm³/mol. The molecule has 1 aliphatic heterocycles. The second kappa shape index (κ2) is 14.2. The van der Waals surface area contributed by atoms with Crippen molar-refractivity contribution in [1.82, 2.24) is 9.80 Å². The molecule has 0 saturated carbocycles. The second-order valence-electron chi connectivity index (χ2n) is 9.27. The second-order valence-corrected chi connectivity index (χ2v) is 9.27. The van der Waals surface area contributed by atoms with Crippen molar-refractivity contribution >= 4 is 0 Å². The Balaban J connectivity index is 1.79. The Labute approximate surface area is 215 Å². The Hall–Kier alpha value is -2.58. The normalized spacial score (nSPS) is 14.7. The molecule has 1 N–H and O–H groups in total. The van der Waals surface area contributed by atoms with Crippen molar-refractivity contribution in [3.8, 4) is 11.5 Å². The highest BCUT2D eigenvalue weighted by Gasteiger charge is 2.31. The van der Waals surface area contributed by atoms with Gasteiger partial charge in [-0.1, -0.05) is 24.3 Å². The number of morpholine rings is 1. The molecule has 1 aliphatic rings. The number of rotatable bonds is 16. The molecule has 0 aliphatic carbocycles. The van der Waals surface area contributed by atoms with Gasteiger partial charge in [0.15, 0.2) is 11.5 Å². The summed E-state index contributed by atoms with van der Waals surface area (Å²) in [6.07, 6.45) is 6.23. The first-order chi connectivity index (χ1) is 17.5. The summed E-state index contributed by atoms with van der Waals surface area (Å²) < 4.78 is 23.0. The van der Waals surface area contributed by atoms with Gasteiger partial charge in [-0.2, -0.15) is 0 Å². The monoisotopic (exact) mass is 498 g/mol. The largest absolute Gasteiger partial charge is 0.493 e. The Morgan fingerprint density at radius 2 is 1.75 bits per heavy atom. The third kappa shape index (κ3) is 7.71. The highest BCUT2D eigenvalue weighted by Crippen LogP contribution is 2.34. The number of hydrogen-bond acceptors (Lipinski definition) is 7. The fourth-order valence-electron chi connectivity index (χ4n) is 4.63. The van der Waals surface area contributed by atoms with Gasteiger partial charge < -0.3 is 23.7 Å². The summed E-state index contributed by atoms with van der Waals surface area (Å²) in [6.45, 7) is 14.1. The molecule has 0 atom stereocenters. The van der Waals surface area contributed by atoms with Crippen LogP contribution in [0.4, 0.5) is 0 Å². The van der Waals surface area contributed by atoms with E-state index in [1.165, 1.54) is 0 Å². The highest BCUT2D eigenvalue weighted by atomic mass is 16.5. The number of nitrogens with zero attached hydrogens (tertiary/aromatic N) is 2. The van der Waals surface area contributed by atoms with Crippen molar-refractivity contribution in [2.24, 2.45) is 0 Å². The average molecular weight is 499 g/mol. The van der Waals surface area contributed by atoms with Gasteiger partial charge in [0.25, 0.3) is 0 Å². The van der Waals surface area contributed by atoms with E-state index in [-0.39, 0.29) is 0 Å². The average Bonchev–Trinajstić information content (AvgIpc) is 3.39. The third-order valence-electron chi connectivity index (χ3n) is 6.74. The van der Waals surface area contributed by atoms with E-state index in [0.717, 1.165) is 62.2 Å². The van der Waals surface area contributed by atoms with E-state index < -0.39 is 5.60 Å². The first-order valence-electron chi connectivity index (χ1n) is 12.8. The van der Waals surface area contributed by atoms with Gasteiger partial charge in [-0.25, -0.2) is 0 Å². The smallest absolute Gasteiger partial charge is 0.165 e. The Bertz CT molecular complexity index is 939. The van der Waals surface area contributed by atoms with Gasteiger partial charge in [0.05, 0.1) is 34.0 Å². The minimum atomic E-state index is -1.03. The van der Waals surface area contributed by atoms with Crippen LogP contribution in [0.25, 0.3) is 0 Å². The van der Waals surface area contributed by atoms with Crippen molar-refractivity contribution in [2.45, 2.75) is 44.4 Å². The van der Waals surface area contributed by atoms with E-state index in [1.54, 1.807) is 14.2 Å². The van der Waals surface area contributed by atoms with Gasteiger partial charge in [-0.15, -0.1) is 13.2 Å². The van der Waals surface area contributed by atoms with E-state index in [4.69, 9.17) is 18.6 Å². The maximum absolute atomic E-state index is 11.4. The van der Waals surface area contributed by atoms with Crippen LogP contribution in [0.15, 0.2) is 60.1 Å². The van der Waals surface area contributed by atoms with Gasteiger partial charge in [0.1, 0.15) is 17.1 Å². The summed E-state index contributed by atoms with van der Waals surface area (Å²) in [5.41, 5.74) is 0.0222. The van der Waals surface area contributed by atoms with Crippen LogP contribution in [-0.4, -0.2) is 68.5 Å². The first kappa shape index (κ1) is 28.0. The molecule has 36 heavy (non-hydrogen) atoms. The van der Waals surface area contributed by atoms with Gasteiger partial charge in [-0.05, 0) is 43.9 Å². The van der Waals surface area contributed by atoms with Gasteiger partial charge >= 0.3 is 0 Å². The Morgan fingerprint density at radius 3 is 2.39 bits per heavy atom. The van der Waals surface area contributed by atoms with E-state index in [1.807, 2.05) is 36.4 Å². The minimum absolute atomic E-state index is 0.568. The lowest BCUT2D eigenvalue weighted by atomic mass is 9.89. The lowest BCUT2D eigenvalue weighted by Crippen LogP contribution is -2.41.